The fraction of sp³-hybridized carbons (Fsp3) is 0.360. The lowest BCUT2D eigenvalue weighted by atomic mass is 10.1. The summed E-state index contributed by atoms with van der Waals surface area (Å²) in [6, 6.07) is 6.60. The molecule has 3 aromatic rings. The zero-order valence-electron chi connectivity index (χ0n) is 23.4. The minimum absolute atomic E-state index is 0.0885. The second kappa shape index (κ2) is 11.1. The highest BCUT2D eigenvalue weighted by Gasteiger charge is 2.30. The Kier molecular flexibility index (Phi) is 6.41. The third kappa shape index (κ3) is 5.43. The Labute approximate surface area is 227 Å². The molecule has 0 unspecified atom stereocenters. The molecular formula is C25H27N7O5S. The van der Waals surface area contributed by atoms with Crippen LogP contribution in [0.15, 0.2) is 30.5 Å². The average Bonchev–Trinajstić information content (AvgIpc) is 3.69. The SMILES string of the molecule is [2H]C([2H])([2H])NC(=O)c1nnc(NC(=O)C2CC2)cc1Nc1cccc(-c2ncc(C(=O)N3CCOCC3)s2)c1OC. The minimum Gasteiger partial charge on any atom is -0.494 e. The van der Waals surface area contributed by atoms with Crippen LogP contribution in [0.25, 0.3) is 10.6 Å². The van der Waals surface area contributed by atoms with Crippen molar-refractivity contribution in [1.82, 2.24) is 25.4 Å². The predicted octanol–water partition coefficient (Wildman–Crippen LogP) is 2.53. The third-order valence-corrected chi connectivity index (χ3v) is 7.07. The van der Waals surface area contributed by atoms with Crippen molar-refractivity contribution in [2.75, 3.05) is 51.0 Å². The summed E-state index contributed by atoms with van der Waals surface area (Å²) in [5.74, 6) is -0.969. The second-order valence-electron chi connectivity index (χ2n) is 8.66. The molecule has 3 heterocycles. The van der Waals surface area contributed by atoms with Crippen molar-refractivity contribution < 1.29 is 28.0 Å². The Balaban J connectivity index is 1.46. The van der Waals surface area contributed by atoms with Gasteiger partial charge >= 0.3 is 0 Å². The van der Waals surface area contributed by atoms with Gasteiger partial charge in [-0.1, -0.05) is 6.07 Å². The number of carbonyl (C=O) groups excluding carboxylic acids is 3. The molecule has 13 heteroatoms. The Morgan fingerprint density at radius 3 is 2.74 bits per heavy atom. The van der Waals surface area contributed by atoms with Crippen LogP contribution in [0.1, 0.15) is 37.1 Å². The maximum atomic E-state index is 12.9. The van der Waals surface area contributed by atoms with E-state index in [1.54, 1.807) is 23.1 Å². The van der Waals surface area contributed by atoms with Gasteiger partial charge in [0.1, 0.15) is 9.88 Å². The van der Waals surface area contributed by atoms with Crippen LogP contribution in [-0.2, 0) is 9.53 Å². The number of nitrogens with one attached hydrogen (secondary N) is 3. The molecule has 198 valence electrons. The van der Waals surface area contributed by atoms with E-state index in [1.165, 1.54) is 30.7 Å². The van der Waals surface area contributed by atoms with Crippen LogP contribution in [0.2, 0.25) is 0 Å². The zero-order chi connectivity index (χ0) is 29.1. The summed E-state index contributed by atoms with van der Waals surface area (Å²) in [5, 5.41) is 16.0. The first-order valence-corrected chi connectivity index (χ1v) is 12.7. The number of rotatable bonds is 8. The topological polar surface area (TPSA) is 148 Å². The summed E-state index contributed by atoms with van der Waals surface area (Å²) in [5.41, 5.74) is 0.772. The van der Waals surface area contributed by atoms with Crippen LogP contribution >= 0.6 is 11.3 Å². The molecule has 0 radical (unpaired) electrons. The van der Waals surface area contributed by atoms with E-state index in [2.05, 4.69) is 25.8 Å². The molecule has 1 aliphatic carbocycles. The zero-order valence-corrected chi connectivity index (χ0v) is 21.3. The number of aromatic nitrogens is 3. The molecule has 38 heavy (non-hydrogen) atoms. The highest BCUT2D eigenvalue weighted by atomic mass is 32.1. The van der Waals surface area contributed by atoms with Gasteiger partial charge in [0.05, 0.1) is 43.5 Å². The van der Waals surface area contributed by atoms with Crippen LogP contribution in [0.3, 0.4) is 0 Å². The number of carbonyl (C=O) groups is 3. The van der Waals surface area contributed by atoms with Crippen LogP contribution in [0.4, 0.5) is 17.2 Å². The van der Waals surface area contributed by atoms with Gasteiger partial charge in [-0.15, -0.1) is 21.5 Å². The van der Waals surface area contributed by atoms with Crippen LogP contribution in [0, 0.1) is 5.92 Å². The van der Waals surface area contributed by atoms with E-state index >= 15 is 0 Å². The second-order valence-corrected chi connectivity index (χ2v) is 9.69. The van der Waals surface area contributed by atoms with E-state index in [0.29, 0.717) is 53.2 Å². The molecule has 0 bridgehead atoms. The van der Waals surface area contributed by atoms with Gasteiger partial charge in [-0.2, -0.15) is 0 Å². The lowest BCUT2D eigenvalue weighted by Gasteiger charge is -2.26. The molecule has 1 saturated carbocycles. The molecule has 1 aromatic carbocycles. The van der Waals surface area contributed by atoms with Crippen LogP contribution in [0.5, 0.6) is 5.75 Å². The first-order chi connectivity index (χ1) is 19.6. The van der Waals surface area contributed by atoms with E-state index in [-0.39, 0.29) is 34.9 Å². The maximum absolute atomic E-state index is 12.9. The molecule has 2 aromatic heterocycles. The lowest BCUT2D eigenvalue weighted by Crippen LogP contribution is -2.40. The van der Waals surface area contributed by atoms with Crippen molar-refractivity contribution in [3.63, 3.8) is 0 Å². The Hall–Kier alpha value is -4.10. The molecule has 1 saturated heterocycles. The van der Waals surface area contributed by atoms with Gasteiger partial charge in [0.25, 0.3) is 11.8 Å². The van der Waals surface area contributed by atoms with E-state index in [4.69, 9.17) is 13.6 Å². The van der Waals surface area contributed by atoms with Crippen molar-refractivity contribution >= 4 is 46.3 Å². The highest BCUT2D eigenvalue weighted by Crippen LogP contribution is 2.40. The smallest absolute Gasteiger partial charge is 0.273 e. The van der Waals surface area contributed by atoms with Gasteiger partial charge in [-0.25, -0.2) is 4.98 Å². The molecule has 2 aliphatic rings. The maximum Gasteiger partial charge on any atom is 0.273 e. The number of anilines is 3. The number of para-hydroxylation sites is 1. The molecule has 3 N–H and O–H groups in total. The van der Waals surface area contributed by atoms with E-state index < -0.39 is 12.9 Å². The highest BCUT2D eigenvalue weighted by molar-refractivity contribution is 7.17. The fourth-order valence-corrected chi connectivity index (χ4v) is 4.84. The lowest BCUT2D eigenvalue weighted by molar-refractivity contribution is -0.117. The first kappa shape index (κ1) is 21.9. The molecular weight excluding hydrogens is 510 g/mol. The summed E-state index contributed by atoms with van der Waals surface area (Å²) in [6.45, 7) is -0.763. The van der Waals surface area contributed by atoms with Crippen molar-refractivity contribution in [1.29, 1.82) is 0 Å². The monoisotopic (exact) mass is 540 g/mol. The molecule has 0 atom stereocenters. The van der Waals surface area contributed by atoms with Gasteiger partial charge in [0.15, 0.2) is 17.3 Å². The summed E-state index contributed by atoms with van der Waals surface area (Å²) in [7, 11) is 1.46. The van der Waals surface area contributed by atoms with Gasteiger partial charge in [0.2, 0.25) is 5.91 Å². The number of hydrogen-bond acceptors (Lipinski definition) is 10. The first-order valence-electron chi connectivity index (χ1n) is 13.4. The molecule has 2 fully saturated rings. The predicted molar refractivity (Wildman–Crippen MR) is 141 cm³/mol. The molecule has 3 amide bonds. The van der Waals surface area contributed by atoms with Crippen molar-refractivity contribution in [3.05, 3.63) is 41.0 Å². The van der Waals surface area contributed by atoms with Gasteiger partial charge < -0.3 is 30.3 Å². The average molecular weight is 541 g/mol. The number of benzene rings is 1. The van der Waals surface area contributed by atoms with E-state index in [1.807, 2.05) is 5.32 Å². The number of nitrogens with zero attached hydrogens (tertiary/aromatic N) is 4. The molecule has 0 spiro atoms. The number of methoxy groups -OCH3 is 1. The van der Waals surface area contributed by atoms with Crippen molar-refractivity contribution in [2.24, 2.45) is 5.92 Å². The number of ether oxygens (including phenoxy) is 2. The van der Waals surface area contributed by atoms with Gasteiger partial charge in [0, 0.05) is 36.2 Å². The fourth-order valence-electron chi connectivity index (χ4n) is 3.94. The largest absolute Gasteiger partial charge is 0.494 e. The number of amides is 3. The molecule has 12 nitrogen and oxygen atoms in total. The van der Waals surface area contributed by atoms with E-state index in [9.17, 15) is 14.4 Å². The minimum atomic E-state index is -2.76. The van der Waals surface area contributed by atoms with Crippen molar-refractivity contribution in [3.8, 4) is 16.3 Å². The Morgan fingerprint density at radius 2 is 2.00 bits per heavy atom. The Bertz CT molecular complexity index is 1470. The summed E-state index contributed by atoms with van der Waals surface area (Å²) in [6.07, 6.45) is 3.09. The summed E-state index contributed by atoms with van der Waals surface area (Å²) in [4.78, 5) is 44.7. The number of thiazole rings is 1. The normalized spacial score (nSPS) is 16.6. The number of hydrogen-bond donors (Lipinski definition) is 3. The number of morpholine rings is 1. The van der Waals surface area contributed by atoms with E-state index in [0.717, 1.165) is 12.8 Å². The summed E-state index contributed by atoms with van der Waals surface area (Å²) < 4.78 is 33.2. The summed E-state index contributed by atoms with van der Waals surface area (Å²) >= 11 is 1.22. The van der Waals surface area contributed by atoms with Crippen LogP contribution < -0.4 is 20.7 Å². The standard InChI is InChI=1S/C25H27N7O5S/c1-26-23(34)20-17(12-19(30-31-20)29-22(33)14-6-7-14)28-16-5-3-4-15(21(16)36-2)24-27-13-18(38-24)25(35)32-8-10-37-11-9-32/h3-5,12-14H,6-11H2,1-2H3,(H,26,34)(H2,28,29,30,33)/i1D3. The third-order valence-electron chi connectivity index (χ3n) is 6.06. The van der Waals surface area contributed by atoms with Gasteiger partial charge in [-0.05, 0) is 25.0 Å². The molecule has 5 rings (SSSR count). The van der Waals surface area contributed by atoms with Crippen LogP contribution in [-0.4, -0.2) is 78.2 Å². The quantitative estimate of drug-likeness (QED) is 0.392. The van der Waals surface area contributed by atoms with Crippen molar-refractivity contribution in [2.45, 2.75) is 12.8 Å². The van der Waals surface area contributed by atoms with Gasteiger partial charge in [-0.3, -0.25) is 14.4 Å². The Morgan fingerprint density at radius 1 is 1.18 bits per heavy atom. The molecule has 1 aliphatic heterocycles.